The molecule has 2 rings (SSSR count). The molecule has 1 fully saturated rings. The van der Waals surface area contributed by atoms with E-state index >= 15 is 0 Å². The van der Waals surface area contributed by atoms with Gasteiger partial charge in [-0.05, 0) is 18.7 Å². The molecule has 0 aliphatic carbocycles. The van der Waals surface area contributed by atoms with E-state index < -0.39 is 5.97 Å². The zero-order valence-electron chi connectivity index (χ0n) is 10.6. The first-order valence-electron chi connectivity index (χ1n) is 5.30. The molecule has 3 N–H and O–H groups in total. The SMILES string of the molecule is O=C(O)c1ccccc1.[CH2-]N1CCOC(N)C1.[Li+]. The van der Waals surface area contributed by atoms with Crippen LogP contribution in [-0.4, -0.2) is 41.9 Å². The summed E-state index contributed by atoms with van der Waals surface area (Å²) in [5, 5.41) is 8.38. The van der Waals surface area contributed by atoms with E-state index in [1.54, 1.807) is 30.3 Å². The summed E-state index contributed by atoms with van der Waals surface area (Å²) in [6, 6.07) is 8.30. The number of morpholine rings is 1. The van der Waals surface area contributed by atoms with Gasteiger partial charge in [-0.25, -0.2) is 4.79 Å². The number of hydrogen-bond acceptors (Lipinski definition) is 4. The Morgan fingerprint density at radius 1 is 1.44 bits per heavy atom. The average molecular weight is 244 g/mol. The Labute approximate surface area is 119 Å². The van der Waals surface area contributed by atoms with Gasteiger partial charge in [0.2, 0.25) is 0 Å². The number of aromatic carboxylic acids is 1. The van der Waals surface area contributed by atoms with Gasteiger partial charge < -0.3 is 20.5 Å². The molecule has 1 aromatic carbocycles. The van der Waals surface area contributed by atoms with Crippen molar-refractivity contribution >= 4 is 5.97 Å². The van der Waals surface area contributed by atoms with E-state index in [4.69, 9.17) is 15.6 Å². The van der Waals surface area contributed by atoms with Gasteiger partial charge in [-0.2, -0.15) is 0 Å². The summed E-state index contributed by atoms with van der Waals surface area (Å²) in [7, 11) is 3.72. The van der Waals surface area contributed by atoms with Gasteiger partial charge in [-0.15, -0.1) is 0 Å². The maximum atomic E-state index is 10.2. The van der Waals surface area contributed by atoms with Crippen molar-refractivity contribution in [1.82, 2.24) is 4.90 Å². The van der Waals surface area contributed by atoms with Crippen molar-refractivity contribution in [2.24, 2.45) is 5.73 Å². The molecule has 94 valence electrons. The first-order valence-corrected chi connectivity index (χ1v) is 5.30. The number of carbonyl (C=O) groups is 1. The Morgan fingerprint density at radius 3 is 2.39 bits per heavy atom. The van der Waals surface area contributed by atoms with Crippen LogP contribution in [0, 0.1) is 7.05 Å². The Bertz CT molecular complexity index is 340. The summed E-state index contributed by atoms with van der Waals surface area (Å²) < 4.78 is 5.04. The normalized spacial score (nSPS) is 19.1. The number of rotatable bonds is 1. The summed E-state index contributed by atoms with van der Waals surface area (Å²) in [6.45, 7) is 2.36. The monoisotopic (exact) mass is 244 g/mol. The van der Waals surface area contributed by atoms with Crippen molar-refractivity contribution in [1.29, 1.82) is 0 Å². The van der Waals surface area contributed by atoms with E-state index in [9.17, 15) is 4.79 Å². The third-order valence-electron chi connectivity index (χ3n) is 2.20. The molecular weight excluding hydrogens is 227 g/mol. The largest absolute Gasteiger partial charge is 1.00 e. The molecular formula is C12H17LiN2O3. The van der Waals surface area contributed by atoms with E-state index in [1.165, 1.54) is 0 Å². The van der Waals surface area contributed by atoms with Crippen molar-refractivity contribution < 1.29 is 33.5 Å². The standard InChI is InChI=1S/C7H6O2.C5H11N2O.Li/c8-7(9)6-4-2-1-3-5-6;1-7-2-3-8-5(6)4-7;/h1-5H,(H,8,9);5H,1-4,6H2;/q;-1;+1. The topological polar surface area (TPSA) is 75.8 Å². The molecule has 0 amide bonds. The van der Waals surface area contributed by atoms with Crippen molar-refractivity contribution in [3.63, 3.8) is 0 Å². The van der Waals surface area contributed by atoms with Crippen LogP contribution >= 0.6 is 0 Å². The molecule has 1 atom stereocenters. The molecule has 1 unspecified atom stereocenters. The van der Waals surface area contributed by atoms with Crippen molar-refractivity contribution in [2.75, 3.05) is 19.7 Å². The molecule has 0 saturated carbocycles. The minimum absolute atomic E-state index is 0. The van der Waals surface area contributed by atoms with E-state index in [1.807, 2.05) is 4.90 Å². The number of nitrogens with zero attached hydrogens (tertiary/aromatic N) is 1. The van der Waals surface area contributed by atoms with E-state index in [2.05, 4.69) is 7.05 Å². The molecule has 6 heteroatoms. The molecule has 1 aliphatic rings. The number of carboxylic acid groups (broad SMARTS) is 1. The molecule has 0 aromatic heterocycles. The van der Waals surface area contributed by atoms with Gasteiger partial charge in [0.15, 0.2) is 0 Å². The first kappa shape index (κ1) is 17.2. The number of benzene rings is 1. The van der Waals surface area contributed by atoms with Crippen LogP contribution in [-0.2, 0) is 4.74 Å². The summed E-state index contributed by atoms with van der Waals surface area (Å²) in [5.41, 5.74) is 5.75. The number of ether oxygens (including phenoxy) is 1. The van der Waals surface area contributed by atoms with Crippen LogP contribution in [0.5, 0.6) is 0 Å². The van der Waals surface area contributed by atoms with Gasteiger partial charge in [-0.1, -0.05) is 18.2 Å². The Balaban J connectivity index is 0.000000306. The summed E-state index contributed by atoms with van der Waals surface area (Å²) in [5.74, 6) is -0.879. The van der Waals surface area contributed by atoms with Gasteiger partial charge >= 0.3 is 24.8 Å². The molecule has 1 aliphatic heterocycles. The predicted molar refractivity (Wildman–Crippen MR) is 64.3 cm³/mol. The Kier molecular flexibility index (Phi) is 8.72. The van der Waals surface area contributed by atoms with Crippen LogP contribution in [0.15, 0.2) is 30.3 Å². The van der Waals surface area contributed by atoms with Crippen LogP contribution in [0.3, 0.4) is 0 Å². The number of hydrogen-bond donors (Lipinski definition) is 2. The second kappa shape index (κ2) is 9.14. The molecule has 1 heterocycles. The number of carboxylic acids is 1. The number of nitrogens with two attached hydrogens (primary N) is 1. The van der Waals surface area contributed by atoms with Gasteiger partial charge in [0.05, 0.1) is 12.2 Å². The van der Waals surface area contributed by atoms with Crippen LogP contribution in [0.25, 0.3) is 0 Å². The third kappa shape index (κ3) is 6.79. The van der Waals surface area contributed by atoms with Crippen LogP contribution in [0.1, 0.15) is 10.4 Å². The minimum atomic E-state index is -0.879. The zero-order chi connectivity index (χ0) is 12.7. The Morgan fingerprint density at radius 2 is 2.06 bits per heavy atom. The predicted octanol–water partition coefficient (Wildman–Crippen LogP) is -2.22. The van der Waals surface area contributed by atoms with Crippen LogP contribution in [0.4, 0.5) is 0 Å². The van der Waals surface area contributed by atoms with E-state index in [0.29, 0.717) is 12.2 Å². The minimum Gasteiger partial charge on any atom is -0.478 e. The summed E-state index contributed by atoms with van der Waals surface area (Å²) in [6.07, 6.45) is -0.124. The fourth-order valence-corrected chi connectivity index (χ4v) is 1.31. The summed E-state index contributed by atoms with van der Waals surface area (Å²) >= 11 is 0. The van der Waals surface area contributed by atoms with Crippen molar-refractivity contribution in [2.45, 2.75) is 6.23 Å². The Hall–Kier alpha value is -0.833. The average Bonchev–Trinajstić information content (AvgIpc) is 2.30. The molecule has 18 heavy (non-hydrogen) atoms. The second-order valence-corrected chi connectivity index (χ2v) is 3.66. The van der Waals surface area contributed by atoms with Gasteiger partial charge in [0.1, 0.15) is 6.23 Å². The molecule has 1 saturated heterocycles. The molecule has 0 spiro atoms. The fourth-order valence-electron chi connectivity index (χ4n) is 1.31. The maximum Gasteiger partial charge on any atom is 1.00 e. The van der Waals surface area contributed by atoms with E-state index in [0.717, 1.165) is 13.1 Å². The molecule has 1 aromatic rings. The molecule has 0 bridgehead atoms. The first-order chi connectivity index (χ1) is 8.09. The summed E-state index contributed by atoms with van der Waals surface area (Å²) in [4.78, 5) is 12.1. The van der Waals surface area contributed by atoms with Gasteiger partial charge in [-0.3, -0.25) is 7.05 Å². The zero-order valence-corrected chi connectivity index (χ0v) is 10.6. The van der Waals surface area contributed by atoms with Crippen LogP contribution < -0.4 is 24.6 Å². The fraction of sp³-hybridized carbons (Fsp3) is 0.333. The van der Waals surface area contributed by atoms with Crippen molar-refractivity contribution in [3.8, 4) is 0 Å². The second-order valence-electron chi connectivity index (χ2n) is 3.66. The quantitative estimate of drug-likeness (QED) is 0.432. The smallest absolute Gasteiger partial charge is 0.478 e. The maximum absolute atomic E-state index is 10.2. The van der Waals surface area contributed by atoms with Gasteiger partial charge in [0.25, 0.3) is 0 Å². The van der Waals surface area contributed by atoms with Crippen LogP contribution in [0.2, 0.25) is 0 Å². The van der Waals surface area contributed by atoms with E-state index in [-0.39, 0.29) is 25.1 Å². The third-order valence-corrected chi connectivity index (χ3v) is 2.20. The van der Waals surface area contributed by atoms with Gasteiger partial charge in [0, 0.05) is 6.54 Å². The molecule has 5 nitrogen and oxygen atoms in total. The van der Waals surface area contributed by atoms with Crippen molar-refractivity contribution in [3.05, 3.63) is 42.9 Å². The molecule has 0 radical (unpaired) electrons.